The zero-order chi connectivity index (χ0) is 16.7. The molecule has 0 fully saturated rings. The molecule has 1 amide bonds. The highest BCUT2D eigenvalue weighted by molar-refractivity contribution is 5.92. The van der Waals surface area contributed by atoms with Gasteiger partial charge in [-0.3, -0.25) is 14.9 Å². The third-order valence-electron chi connectivity index (χ3n) is 2.46. The van der Waals surface area contributed by atoms with Gasteiger partial charge in [-0.05, 0) is 30.3 Å². The number of aromatic carboxylic acids is 1. The van der Waals surface area contributed by atoms with Crippen LogP contribution in [0, 0.1) is 10.1 Å². The Balaban J connectivity index is 0.000000224. The smallest absolute Gasteiger partial charge is 0.335 e. The fourth-order valence-electron chi connectivity index (χ4n) is 1.39. The predicted octanol–water partition coefficient (Wildman–Crippen LogP) is 1.78. The summed E-state index contributed by atoms with van der Waals surface area (Å²) in [7, 11) is 0. The highest BCUT2D eigenvalue weighted by atomic mass is 16.6. The molecule has 0 saturated heterocycles. The van der Waals surface area contributed by atoms with Gasteiger partial charge in [-0.15, -0.1) is 0 Å². The minimum absolute atomic E-state index is 0.0279. The van der Waals surface area contributed by atoms with Crippen molar-refractivity contribution in [3.05, 3.63) is 69.8 Å². The standard InChI is InChI=1S/C7H6N2O3.C7H6O3/c8-7(10)5-1-3-6(4-2-5)9(11)12;8-6-3-1-2-5(4-6)7(9)10/h1-4H,(H2,8,10);1-4,8H,(H,9,10). The van der Waals surface area contributed by atoms with E-state index in [0.29, 0.717) is 0 Å². The number of phenolic OH excluding ortho intramolecular Hbond substituents is 1. The molecule has 4 N–H and O–H groups in total. The van der Waals surface area contributed by atoms with Gasteiger partial charge in [0.25, 0.3) is 5.69 Å². The van der Waals surface area contributed by atoms with E-state index >= 15 is 0 Å². The van der Waals surface area contributed by atoms with Crippen molar-refractivity contribution in [2.45, 2.75) is 0 Å². The first-order valence-electron chi connectivity index (χ1n) is 5.88. The Morgan fingerprint density at radius 2 is 1.64 bits per heavy atom. The zero-order valence-electron chi connectivity index (χ0n) is 11.2. The van der Waals surface area contributed by atoms with Crippen LogP contribution >= 0.6 is 0 Å². The fourth-order valence-corrected chi connectivity index (χ4v) is 1.39. The largest absolute Gasteiger partial charge is 0.508 e. The van der Waals surface area contributed by atoms with E-state index in [9.17, 15) is 19.7 Å². The molecular formula is C14H12N2O6. The summed E-state index contributed by atoms with van der Waals surface area (Å²) in [6.07, 6.45) is 0. The Labute approximate surface area is 124 Å². The summed E-state index contributed by atoms with van der Waals surface area (Å²) < 4.78 is 0. The van der Waals surface area contributed by atoms with Crippen molar-refractivity contribution in [3.63, 3.8) is 0 Å². The highest BCUT2D eigenvalue weighted by Crippen LogP contribution is 2.11. The summed E-state index contributed by atoms with van der Waals surface area (Å²) in [5.41, 5.74) is 5.24. The van der Waals surface area contributed by atoms with Gasteiger partial charge >= 0.3 is 5.97 Å². The van der Waals surface area contributed by atoms with Crippen LogP contribution in [-0.4, -0.2) is 27.0 Å². The first-order chi connectivity index (χ1) is 10.3. The van der Waals surface area contributed by atoms with Crippen molar-refractivity contribution < 1.29 is 24.7 Å². The van der Waals surface area contributed by atoms with E-state index in [0.717, 1.165) is 0 Å². The van der Waals surface area contributed by atoms with Crippen LogP contribution in [0.2, 0.25) is 0 Å². The maximum Gasteiger partial charge on any atom is 0.335 e. The van der Waals surface area contributed by atoms with E-state index in [1.807, 2.05) is 0 Å². The van der Waals surface area contributed by atoms with Crippen LogP contribution in [0.5, 0.6) is 5.75 Å². The molecule has 0 aliphatic carbocycles. The summed E-state index contributed by atoms with van der Waals surface area (Å²) >= 11 is 0. The Morgan fingerprint density at radius 1 is 1.05 bits per heavy atom. The van der Waals surface area contributed by atoms with Gasteiger partial charge in [0, 0.05) is 17.7 Å². The number of amides is 1. The maximum absolute atomic E-state index is 10.5. The molecule has 0 heterocycles. The molecule has 0 radical (unpaired) electrons. The molecule has 0 unspecified atom stereocenters. The normalized spacial score (nSPS) is 9.27. The number of nitro benzene ring substituents is 1. The van der Waals surface area contributed by atoms with Crippen LogP contribution in [0.25, 0.3) is 0 Å². The number of hydrogen-bond acceptors (Lipinski definition) is 5. The molecule has 2 aromatic rings. The zero-order valence-corrected chi connectivity index (χ0v) is 11.2. The number of hydrogen-bond donors (Lipinski definition) is 3. The Bertz CT molecular complexity index is 664. The molecule has 0 spiro atoms. The van der Waals surface area contributed by atoms with Gasteiger partial charge in [0.1, 0.15) is 5.75 Å². The molecule has 0 aliphatic heterocycles. The van der Waals surface area contributed by atoms with Crippen LogP contribution in [0.3, 0.4) is 0 Å². The van der Waals surface area contributed by atoms with Crippen molar-refractivity contribution in [1.29, 1.82) is 0 Å². The van der Waals surface area contributed by atoms with Crippen molar-refractivity contribution in [2.75, 3.05) is 0 Å². The molecule has 0 aromatic heterocycles. The number of nitro groups is 1. The summed E-state index contributed by atoms with van der Waals surface area (Å²) in [6.45, 7) is 0. The lowest BCUT2D eigenvalue weighted by molar-refractivity contribution is -0.384. The van der Waals surface area contributed by atoms with Crippen LogP contribution in [0.4, 0.5) is 5.69 Å². The van der Waals surface area contributed by atoms with Crippen LogP contribution in [-0.2, 0) is 0 Å². The summed E-state index contributed by atoms with van der Waals surface area (Å²) in [6, 6.07) is 10.6. The number of non-ortho nitro benzene ring substituents is 1. The molecule has 0 saturated carbocycles. The van der Waals surface area contributed by atoms with Crippen LogP contribution < -0.4 is 5.73 Å². The fraction of sp³-hybridized carbons (Fsp3) is 0. The van der Waals surface area contributed by atoms with E-state index in [2.05, 4.69) is 0 Å². The molecule has 8 nitrogen and oxygen atoms in total. The van der Waals surface area contributed by atoms with Crippen molar-refractivity contribution >= 4 is 17.6 Å². The average molecular weight is 304 g/mol. The second-order valence-electron chi connectivity index (χ2n) is 4.02. The summed E-state index contributed by atoms with van der Waals surface area (Å²) in [5, 5.41) is 27.4. The minimum atomic E-state index is -1.03. The Morgan fingerprint density at radius 3 is 2.00 bits per heavy atom. The summed E-state index contributed by atoms with van der Waals surface area (Å²) in [4.78, 5) is 30.4. The van der Waals surface area contributed by atoms with E-state index < -0.39 is 16.8 Å². The van der Waals surface area contributed by atoms with E-state index in [1.54, 1.807) is 0 Å². The predicted molar refractivity (Wildman–Crippen MR) is 76.7 cm³/mol. The van der Waals surface area contributed by atoms with Crippen molar-refractivity contribution in [3.8, 4) is 5.75 Å². The van der Waals surface area contributed by atoms with Gasteiger partial charge in [0.15, 0.2) is 0 Å². The maximum atomic E-state index is 10.5. The number of primary amides is 1. The number of carboxylic acid groups (broad SMARTS) is 1. The van der Waals surface area contributed by atoms with E-state index in [4.69, 9.17) is 15.9 Å². The molecule has 0 aliphatic rings. The van der Waals surface area contributed by atoms with Gasteiger partial charge in [-0.2, -0.15) is 0 Å². The Kier molecular flexibility index (Phi) is 5.58. The molecule has 2 aromatic carbocycles. The van der Waals surface area contributed by atoms with Gasteiger partial charge in [-0.1, -0.05) is 6.07 Å². The number of nitrogens with two attached hydrogens (primary N) is 1. The third kappa shape index (κ3) is 4.93. The lowest BCUT2D eigenvalue weighted by Gasteiger charge is -1.93. The van der Waals surface area contributed by atoms with Gasteiger partial charge < -0.3 is 15.9 Å². The molecule has 0 atom stereocenters. The summed E-state index contributed by atoms with van der Waals surface area (Å²) in [5.74, 6) is -1.65. The molecule has 0 bridgehead atoms. The second kappa shape index (κ2) is 7.39. The number of phenols is 1. The van der Waals surface area contributed by atoms with Crippen molar-refractivity contribution in [2.24, 2.45) is 5.73 Å². The molecule has 114 valence electrons. The number of carbonyl (C=O) groups is 2. The number of benzene rings is 2. The average Bonchev–Trinajstić information content (AvgIpc) is 2.48. The molecule has 8 heteroatoms. The van der Waals surface area contributed by atoms with Crippen LogP contribution in [0.1, 0.15) is 20.7 Å². The van der Waals surface area contributed by atoms with Gasteiger partial charge in [0.2, 0.25) is 5.91 Å². The monoisotopic (exact) mass is 304 g/mol. The number of carboxylic acids is 1. The topological polar surface area (TPSA) is 144 Å². The lowest BCUT2D eigenvalue weighted by Crippen LogP contribution is -2.10. The van der Waals surface area contributed by atoms with Gasteiger partial charge in [-0.25, -0.2) is 4.79 Å². The number of aromatic hydroxyl groups is 1. The molecule has 22 heavy (non-hydrogen) atoms. The number of carbonyl (C=O) groups excluding carboxylic acids is 1. The molecule has 2 rings (SSSR count). The van der Waals surface area contributed by atoms with E-state index in [1.165, 1.54) is 48.5 Å². The van der Waals surface area contributed by atoms with Crippen molar-refractivity contribution in [1.82, 2.24) is 0 Å². The SMILES string of the molecule is NC(=O)c1ccc([N+](=O)[O-])cc1.O=C(O)c1cccc(O)c1. The number of nitrogens with zero attached hydrogens (tertiary/aromatic N) is 1. The number of rotatable bonds is 3. The first kappa shape index (κ1) is 16.6. The van der Waals surface area contributed by atoms with Gasteiger partial charge in [0.05, 0.1) is 10.5 Å². The highest BCUT2D eigenvalue weighted by Gasteiger charge is 2.05. The third-order valence-corrected chi connectivity index (χ3v) is 2.46. The second-order valence-corrected chi connectivity index (χ2v) is 4.02. The van der Waals surface area contributed by atoms with E-state index in [-0.39, 0.29) is 22.6 Å². The van der Waals surface area contributed by atoms with Crippen LogP contribution in [0.15, 0.2) is 48.5 Å². The molecular weight excluding hydrogens is 292 g/mol. The first-order valence-corrected chi connectivity index (χ1v) is 5.88. The lowest BCUT2D eigenvalue weighted by atomic mass is 10.2. The minimum Gasteiger partial charge on any atom is -0.508 e. The Hall–Kier alpha value is -3.42. The quantitative estimate of drug-likeness (QED) is 0.582.